The fourth-order valence-corrected chi connectivity index (χ4v) is 4.39. The fourth-order valence-electron chi connectivity index (χ4n) is 4.39. The van der Waals surface area contributed by atoms with E-state index in [-0.39, 0.29) is 35.5 Å². The summed E-state index contributed by atoms with van der Waals surface area (Å²) in [6.07, 6.45) is 4.83. The minimum absolute atomic E-state index is 0.0846. The number of allylic oxidation sites excluding steroid dienone is 2. The molecule has 7 nitrogen and oxygen atoms in total. The van der Waals surface area contributed by atoms with Crippen LogP contribution in [-0.4, -0.2) is 41.2 Å². The number of nitrogens with one attached hydrogen (secondary N) is 1. The zero-order chi connectivity index (χ0) is 19.1. The van der Waals surface area contributed by atoms with Gasteiger partial charge in [-0.3, -0.25) is 19.3 Å². The van der Waals surface area contributed by atoms with Gasteiger partial charge in [-0.1, -0.05) is 30.4 Å². The Hall–Kier alpha value is -2.96. The molecule has 0 aromatic heterocycles. The first-order chi connectivity index (χ1) is 13.0. The van der Waals surface area contributed by atoms with Gasteiger partial charge in [-0.15, -0.1) is 0 Å². The van der Waals surface area contributed by atoms with Crippen molar-refractivity contribution in [1.29, 1.82) is 0 Å². The molecule has 2 aliphatic carbocycles. The topological polar surface area (TPSA) is 92.8 Å². The summed E-state index contributed by atoms with van der Waals surface area (Å²) in [4.78, 5) is 50.6. The number of ether oxygens (including phenoxy) is 1. The number of nitrogens with zero attached hydrogens (tertiary/aromatic N) is 1. The number of esters is 1. The molecular weight excluding hydrogens is 348 g/mol. The van der Waals surface area contributed by atoms with E-state index in [1.807, 2.05) is 18.2 Å². The average molecular weight is 368 g/mol. The molecule has 27 heavy (non-hydrogen) atoms. The Kier molecular flexibility index (Phi) is 4.30. The fraction of sp³-hybridized carbons (Fsp3) is 0.400. The van der Waals surface area contributed by atoms with Gasteiger partial charge in [0.15, 0.2) is 6.61 Å². The highest BCUT2D eigenvalue weighted by Gasteiger charge is 2.60. The molecule has 1 aliphatic heterocycles. The molecule has 2 bridgehead atoms. The standard InChI is InChI=1S/C20H20N2O5/c1-11(20(26)27-10-15(23)21-14-5-3-2-4-6-14)22-18(24)16-12-7-8-13(9-12)17(16)19(22)25/h2-8,11-13,16-17H,9-10H2,1H3,(H,21,23)/t11-,12-,13-,16-,17+/m0/s1. The van der Waals surface area contributed by atoms with Crippen molar-refractivity contribution in [3.63, 3.8) is 0 Å². The lowest BCUT2D eigenvalue weighted by Crippen LogP contribution is -2.45. The number of carbonyl (C=O) groups excluding carboxylic acids is 4. The second-order valence-electron chi connectivity index (χ2n) is 7.24. The molecule has 7 heteroatoms. The summed E-state index contributed by atoms with van der Waals surface area (Å²) in [5.41, 5.74) is 0.590. The van der Waals surface area contributed by atoms with E-state index in [4.69, 9.17) is 4.74 Å². The summed E-state index contributed by atoms with van der Waals surface area (Å²) in [7, 11) is 0. The molecule has 3 aliphatic rings. The number of amides is 3. The highest BCUT2D eigenvalue weighted by atomic mass is 16.5. The molecule has 0 radical (unpaired) electrons. The summed E-state index contributed by atoms with van der Waals surface area (Å²) in [5, 5.41) is 2.60. The minimum Gasteiger partial charge on any atom is -0.454 e. The van der Waals surface area contributed by atoms with Gasteiger partial charge in [0.25, 0.3) is 5.91 Å². The first-order valence-electron chi connectivity index (χ1n) is 9.04. The molecule has 0 spiro atoms. The summed E-state index contributed by atoms with van der Waals surface area (Å²) in [6, 6.07) is 7.74. The van der Waals surface area contributed by atoms with E-state index in [9.17, 15) is 19.2 Å². The molecule has 2 fully saturated rings. The number of hydrogen-bond donors (Lipinski definition) is 1. The molecule has 4 rings (SSSR count). The first-order valence-corrected chi connectivity index (χ1v) is 9.04. The Bertz CT molecular complexity index is 804. The lowest BCUT2D eigenvalue weighted by Gasteiger charge is -2.23. The lowest BCUT2D eigenvalue weighted by molar-refractivity contribution is -0.159. The number of anilines is 1. The van der Waals surface area contributed by atoms with E-state index in [0.717, 1.165) is 11.3 Å². The van der Waals surface area contributed by atoms with Crippen LogP contribution in [-0.2, 0) is 23.9 Å². The number of benzene rings is 1. The third-order valence-corrected chi connectivity index (χ3v) is 5.64. The summed E-state index contributed by atoms with van der Waals surface area (Å²) in [5.74, 6) is -2.41. The van der Waals surface area contributed by atoms with Crippen molar-refractivity contribution in [2.75, 3.05) is 11.9 Å². The van der Waals surface area contributed by atoms with Crippen molar-refractivity contribution >= 4 is 29.4 Å². The molecular formula is C20H20N2O5. The number of likely N-dealkylation sites (tertiary alicyclic amines) is 1. The number of carbonyl (C=O) groups is 4. The van der Waals surface area contributed by atoms with Crippen LogP contribution in [0.1, 0.15) is 13.3 Å². The van der Waals surface area contributed by atoms with Crippen LogP contribution >= 0.6 is 0 Å². The van der Waals surface area contributed by atoms with Crippen LogP contribution in [0.5, 0.6) is 0 Å². The molecule has 3 amide bonds. The Balaban J connectivity index is 1.35. The molecule has 1 N–H and O–H groups in total. The van der Waals surface area contributed by atoms with Crippen LogP contribution in [0.4, 0.5) is 5.69 Å². The van der Waals surface area contributed by atoms with Gasteiger partial charge in [-0.05, 0) is 37.3 Å². The monoisotopic (exact) mass is 368 g/mol. The van der Waals surface area contributed by atoms with Gasteiger partial charge in [0.1, 0.15) is 6.04 Å². The third kappa shape index (κ3) is 2.93. The zero-order valence-corrected chi connectivity index (χ0v) is 14.8. The molecule has 1 heterocycles. The predicted octanol–water partition coefficient (Wildman–Crippen LogP) is 1.36. The number of fused-ring (bicyclic) bond motifs is 5. The van der Waals surface area contributed by atoms with Crippen molar-refractivity contribution in [2.24, 2.45) is 23.7 Å². The Morgan fingerprint density at radius 2 is 1.70 bits per heavy atom. The largest absolute Gasteiger partial charge is 0.454 e. The van der Waals surface area contributed by atoms with Crippen LogP contribution in [0.25, 0.3) is 0 Å². The van der Waals surface area contributed by atoms with E-state index < -0.39 is 24.5 Å². The quantitative estimate of drug-likeness (QED) is 0.481. The van der Waals surface area contributed by atoms with E-state index >= 15 is 0 Å². The Labute approximate surface area is 156 Å². The molecule has 1 saturated heterocycles. The van der Waals surface area contributed by atoms with Crippen LogP contribution in [0.3, 0.4) is 0 Å². The lowest BCUT2D eigenvalue weighted by atomic mass is 9.85. The van der Waals surface area contributed by atoms with Gasteiger partial charge >= 0.3 is 5.97 Å². The molecule has 0 unspecified atom stereocenters. The second-order valence-corrected chi connectivity index (χ2v) is 7.24. The van der Waals surface area contributed by atoms with Crippen molar-refractivity contribution in [2.45, 2.75) is 19.4 Å². The van der Waals surface area contributed by atoms with E-state index in [2.05, 4.69) is 5.32 Å². The molecule has 1 aromatic rings. The smallest absolute Gasteiger partial charge is 0.329 e. The van der Waals surface area contributed by atoms with Crippen molar-refractivity contribution in [1.82, 2.24) is 4.90 Å². The molecule has 1 saturated carbocycles. The maximum absolute atomic E-state index is 12.7. The number of rotatable bonds is 5. The van der Waals surface area contributed by atoms with E-state index in [1.165, 1.54) is 6.92 Å². The van der Waals surface area contributed by atoms with Crippen molar-refractivity contribution < 1.29 is 23.9 Å². The minimum atomic E-state index is -1.04. The van der Waals surface area contributed by atoms with Gasteiger partial charge < -0.3 is 10.1 Å². The zero-order valence-electron chi connectivity index (χ0n) is 14.8. The highest BCUT2D eigenvalue weighted by molar-refractivity contribution is 6.09. The van der Waals surface area contributed by atoms with Crippen molar-refractivity contribution in [3.8, 4) is 0 Å². The molecule has 140 valence electrons. The summed E-state index contributed by atoms with van der Waals surface area (Å²) < 4.78 is 5.03. The number of imide groups is 1. The van der Waals surface area contributed by atoms with Crippen LogP contribution in [0, 0.1) is 23.7 Å². The van der Waals surface area contributed by atoms with E-state index in [1.54, 1.807) is 24.3 Å². The van der Waals surface area contributed by atoms with Gasteiger partial charge in [-0.2, -0.15) is 0 Å². The summed E-state index contributed by atoms with van der Waals surface area (Å²) in [6.45, 7) is 0.984. The predicted molar refractivity (Wildman–Crippen MR) is 95.1 cm³/mol. The average Bonchev–Trinajstić information content (AvgIpc) is 3.34. The van der Waals surface area contributed by atoms with Crippen LogP contribution in [0.15, 0.2) is 42.5 Å². The normalized spacial score (nSPS) is 29.0. The maximum Gasteiger partial charge on any atom is 0.329 e. The van der Waals surface area contributed by atoms with Gasteiger partial charge in [0, 0.05) is 5.69 Å². The Morgan fingerprint density at radius 3 is 2.30 bits per heavy atom. The SMILES string of the molecule is C[C@@H](C(=O)OCC(=O)Nc1ccccc1)N1C(=O)[C@@H]2[C@H](C1=O)[C@H]1C=C[C@H]2C1. The van der Waals surface area contributed by atoms with Gasteiger partial charge in [0.2, 0.25) is 11.8 Å². The molecule has 5 atom stereocenters. The second kappa shape index (κ2) is 6.64. The summed E-state index contributed by atoms with van der Waals surface area (Å²) >= 11 is 0. The van der Waals surface area contributed by atoms with Crippen molar-refractivity contribution in [3.05, 3.63) is 42.5 Å². The maximum atomic E-state index is 12.7. The van der Waals surface area contributed by atoms with Gasteiger partial charge in [0.05, 0.1) is 11.8 Å². The number of hydrogen-bond acceptors (Lipinski definition) is 5. The van der Waals surface area contributed by atoms with Crippen LogP contribution in [0.2, 0.25) is 0 Å². The highest BCUT2D eigenvalue weighted by Crippen LogP contribution is 2.52. The first kappa shape index (κ1) is 17.5. The third-order valence-electron chi connectivity index (χ3n) is 5.64. The molecule has 1 aromatic carbocycles. The van der Waals surface area contributed by atoms with E-state index in [0.29, 0.717) is 5.69 Å². The van der Waals surface area contributed by atoms with Gasteiger partial charge in [-0.25, -0.2) is 4.79 Å². The Morgan fingerprint density at radius 1 is 1.11 bits per heavy atom. The van der Waals surface area contributed by atoms with Crippen LogP contribution < -0.4 is 5.32 Å². The number of para-hydroxylation sites is 1.